The fourth-order valence-corrected chi connectivity index (χ4v) is 7.50. The van der Waals surface area contributed by atoms with Crippen molar-refractivity contribution < 1.29 is 37.3 Å². The molecular formula is C48H95NO7P+. The number of hydrogen-bond donors (Lipinski definition) is 1. The summed E-state index contributed by atoms with van der Waals surface area (Å²) < 4.78 is 35.1. The van der Waals surface area contributed by atoms with Crippen LogP contribution in [-0.4, -0.2) is 75.6 Å². The standard InChI is InChI=1S/C48H94NO7P/c1-6-8-10-12-14-16-18-20-22-24-25-26-27-29-31-33-35-37-39-41-48(50)56-47(46-55-57(51,52)54-44-42-49(3,4)5)45-53-43-40-38-36-34-32-30-28-23-21-19-17-15-13-11-9-7-2/h15,17,21,23,47H,6-14,16,18-20,22,24-46H2,1-5H3/p+1/b17-15-,23-21-/t47-/m1/s1. The van der Waals surface area contributed by atoms with Gasteiger partial charge in [-0.25, -0.2) is 4.57 Å². The smallest absolute Gasteiger partial charge is 0.457 e. The molecule has 57 heavy (non-hydrogen) atoms. The molecule has 0 fully saturated rings. The van der Waals surface area contributed by atoms with E-state index in [1.54, 1.807) is 0 Å². The first-order valence-electron chi connectivity index (χ1n) is 24.1. The molecule has 0 radical (unpaired) electrons. The van der Waals surface area contributed by atoms with Crippen LogP contribution >= 0.6 is 7.82 Å². The maximum atomic E-state index is 12.7. The second kappa shape index (κ2) is 41.7. The van der Waals surface area contributed by atoms with E-state index in [1.165, 1.54) is 154 Å². The molecule has 0 bridgehead atoms. The molecule has 8 nitrogen and oxygen atoms in total. The van der Waals surface area contributed by atoms with Gasteiger partial charge < -0.3 is 18.9 Å². The number of carbonyl (C=O) groups is 1. The minimum absolute atomic E-state index is 0.0885. The van der Waals surface area contributed by atoms with Gasteiger partial charge >= 0.3 is 13.8 Å². The van der Waals surface area contributed by atoms with Gasteiger partial charge in [0.15, 0.2) is 0 Å². The summed E-state index contributed by atoms with van der Waals surface area (Å²) in [4.78, 5) is 22.9. The van der Waals surface area contributed by atoms with Crippen molar-refractivity contribution in [2.24, 2.45) is 0 Å². The minimum atomic E-state index is -4.28. The number of quaternary nitrogens is 1. The molecule has 0 aromatic carbocycles. The van der Waals surface area contributed by atoms with Crippen molar-refractivity contribution in [3.63, 3.8) is 0 Å². The summed E-state index contributed by atoms with van der Waals surface area (Å²) >= 11 is 0. The zero-order valence-electron chi connectivity index (χ0n) is 38.3. The molecule has 0 aromatic heterocycles. The number of hydrogen-bond acceptors (Lipinski definition) is 6. The van der Waals surface area contributed by atoms with E-state index in [-0.39, 0.29) is 25.8 Å². The summed E-state index contributed by atoms with van der Waals surface area (Å²) in [5, 5.41) is 0. The Balaban J connectivity index is 4.16. The van der Waals surface area contributed by atoms with Crippen LogP contribution in [0.4, 0.5) is 0 Å². The molecule has 0 aromatic rings. The largest absolute Gasteiger partial charge is 0.472 e. The lowest BCUT2D eigenvalue weighted by Crippen LogP contribution is -2.37. The molecule has 0 aliphatic rings. The van der Waals surface area contributed by atoms with Crippen molar-refractivity contribution in [3.05, 3.63) is 24.3 Å². The lowest BCUT2D eigenvalue weighted by Gasteiger charge is -2.24. The molecule has 0 aliphatic carbocycles. The summed E-state index contributed by atoms with van der Waals surface area (Å²) in [7, 11) is 1.67. The number of phosphoric ester groups is 1. The highest BCUT2D eigenvalue weighted by molar-refractivity contribution is 7.47. The van der Waals surface area contributed by atoms with E-state index in [0.717, 1.165) is 44.9 Å². The second-order valence-corrected chi connectivity index (χ2v) is 19.0. The van der Waals surface area contributed by atoms with Crippen molar-refractivity contribution in [1.29, 1.82) is 0 Å². The minimum Gasteiger partial charge on any atom is -0.457 e. The summed E-state index contributed by atoms with van der Waals surface area (Å²) in [6.07, 6.45) is 47.8. The van der Waals surface area contributed by atoms with E-state index < -0.39 is 13.9 Å². The Hall–Kier alpha value is -1.02. The third-order valence-corrected chi connectivity index (χ3v) is 11.5. The molecule has 0 saturated heterocycles. The van der Waals surface area contributed by atoms with Crippen LogP contribution in [-0.2, 0) is 27.9 Å². The number of rotatable bonds is 45. The average Bonchev–Trinajstić information content (AvgIpc) is 3.16. The Bertz CT molecular complexity index is 967. The Morgan fingerprint density at radius 1 is 0.544 bits per heavy atom. The van der Waals surface area contributed by atoms with Crippen LogP contribution in [0, 0.1) is 0 Å². The highest BCUT2D eigenvalue weighted by atomic mass is 31.2. The molecule has 338 valence electrons. The van der Waals surface area contributed by atoms with Gasteiger partial charge in [0, 0.05) is 13.0 Å². The van der Waals surface area contributed by atoms with E-state index in [4.69, 9.17) is 18.5 Å². The van der Waals surface area contributed by atoms with E-state index in [2.05, 4.69) is 38.2 Å². The molecule has 0 heterocycles. The fraction of sp³-hybridized carbons (Fsp3) is 0.896. The van der Waals surface area contributed by atoms with Crippen LogP contribution in [0.5, 0.6) is 0 Å². The van der Waals surface area contributed by atoms with Gasteiger partial charge in [-0.2, -0.15) is 0 Å². The molecule has 1 N–H and O–H groups in total. The maximum Gasteiger partial charge on any atom is 0.472 e. The molecule has 0 saturated carbocycles. The molecule has 0 rings (SSSR count). The first kappa shape index (κ1) is 56.0. The quantitative estimate of drug-likeness (QED) is 0.0215. The lowest BCUT2D eigenvalue weighted by molar-refractivity contribution is -0.870. The van der Waals surface area contributed by atoms with Gasteiger partial charge in [-0.1, -0.05) is 192 Å². The maximum absolute atomic E-state index is 12.7. The lowest BCUT2D eigenvalue weighted by atomic mass is 10.0. The van der Waals surface area contributed by atoms with Gasteiger partial charge in [-0.3, -0.25) is 13.8 Å². The predicted octanol–water partition coefficient (Wildman–Crippen LogP) is 14.4. The molecule has 0 spiro atoms. The highest BCUT2D eigenvalue weighted by Crippen LogP contribution is 2.43. The van der Waals surface area contributed by atoms with Gasteiger partial charge in [-0.05, 0) is 44.9 Å². The molecule has 0 amide bonds. The van der Waals surface area contributed by atoms with Crippen LogP contribution in [0.25, 0.3) is 0 Å². The van der Waals surface area contributed by atoms with Crippen LogP contribution in [0.15, 0.2) is 24.3 Å². The topological polar surface area (TPSA) is 91.3 Å². The first-order chi connectivity index (χ1) is 27.6. The Labute approximate surface area is 353 Å². The van der Waals surface area contributed by atoms with E-state index in [9.17, 15) is 14.3 Å². The molecule has 2 atom stereocenters. The fourth-order valence-electron chi connectivity index (χ4n) is 6.76. The second-order valence-electron chi connectivity index (χ2n) is 17.5. The first-order valence-corrected chi connectivity index (χ1v) is 25.6. The number of unbranched alkanes of at least 4 members (excludes halogenated alkanes) is 27. The third-order valence-electron chi connectivity index (χ3n) is 10.5. The summed E-state index contributed by atoms with van der Waals surface area (Å²) in [5.41, 5.74) is 0. The highest BCUT2D eigenvalue weighted by Gasteiger charge is 2.26. The number of likely N-dealkylation sites (N-methyl/N-ethyl adjacent to an activating group) is 1. The number of allylic oxidation sites excluding steroid dienone is 4. The number of carbonyl (C=O) groups excluding carboxylic acids is 1. The van der Waals surface area contributed by atoms with Crippen LogP contribution < -0.4 is 0 Å². The van der Waals surface area contributed by atoms with E-state index in [0.29, 0.717) is 24.1 Å². The van der Waals surface area contributed by atoms with Crippen LogP contribution in [0.3, 0.4) is 0 Å². The van der Waals surface area contributed by atoms with Gasteiger partial charge in [0.2, 0.25) is 0 Å². The predicted molar refractivity (Wildman–Crippen MR) is 243 cm³/mol. The van der Waals surface area contributed by atoms with Gasteiger partial charge in [-0.15, -0.1) is 0 Å². The average molecular weight is 829 g/mol. The zero-order valence-corrected chi connectivity index (χ0v) is 39.2. The Morgan fingerprint density at radius 3 is 1.46 bits per heavy atom. The van der Waals surface area contributed by atoms with Crippen molar-refractivity contribution in [1.82, 2.24) is 0 Å². The summed E-state index contributed by atoms with van der Waals surface area (Å²) in [6.45, 7) is 5.61. The van der Waals surface area contributed by atoms with Gasteiger partial charge in [0.25, 0.3) is 0 Å². The molecule has 1 unspecified atom stereocenters. The Kier molecular flexibility index (Phi) is 41.0. The van der Waals surface area contributed by atoms with Crippen molar-refractivity contribution in [2.45, 2.75) is 225 Å². The zero-order chi connectivity index (χ0) is 42.0. The van der Waals surface area contributed by atoms with Crippen molar-refractivity contribution in [2.75, 3.05) is 54.1 Å². The number of phosphoric acid groups is 1. The number of esters is 1. The van der Waals surface area contributed by atoms with E-state index in [1.807, 2.05) is 21.1 Å². The number of nitrogens with zero attached hydrogens (tertiary/aromatic N) is 1. The SMILES string of the molecule is CCCCC/C=C\C/C=C\CCCCCCCCOC[C@H](COP(=O)(O)OCC[N+](C)(C)C)OC(=O)CCCCCCCCCCCCCCCCCCCCC. The summed E-state index contributed by atoms with van der Waals surface area (Å²) in [5.74, 6) is -0.313. The van der Waals surface area contributed by atoms with Gasteiger partial charge in [0.05, 0.1) is 34.4 Å². The van der Waals surface area contributed by atoms with E-state index >= 15 is 0 Å². The molecular weight excluding hydrogens is 734 g/mol. The molecule has 9 heteroatoms. The summed E-state index contributed by atoms with van der Waals surface area (Å²) in [6, 6.07) is 0. The monoisotopic (exact) mass is 829 g/mol. The van der Waals surface area contributed by atoms with Crippen molar-refractivity contribution >= 4 is 13.8 Å². The Morgan fingerprint density at radius 2 is 0.965 bits per heavy atom. The molecule has 0 aliphatic heterocycles. The van der Waals surface area contributed by atoms with Crippen LogP contribution in [0.1, 0.15) is 219 Å². The van der Waals surface area contributed by atoms with Gasteiger partial charge in [0.1, 0.15) is 19.3 Å². The number of ether oxygens (including phenoxy) is 2. The van der Waals surface area contributed by atoms with Crippen LogP contribution in [0.2, 0.25) is 0 Å². The third kappa shape index (κ3) is 45.9. The normalized spacial score (nSPS) is 13.9. The van der Waals surface area contributed by atoms with Crippen molar-refractivity contribution in [3.8, 4) is 0 Å².